The van der Waals surface area contributed by atoms with Crippen LogP contribution < -0.4 is 4.90 Å². The molecular weight excluding hydrogens is 443 g/mol. The lowest BCUT2D eigenvalue weighted by Gasteiger charge is -2.40. The summed E-state index contributed by atoms with van der Waals surface area (Å²) in [7, 11) is 1.58. The van der Waals surface area contributed by atoms with Crippen molar-refractivity contribution in [1.82, 2.24) is 15.1 Å². The number of anilines is 1. The molecule has 3 aromatic rings. The van der Waals surface area contributed by atoms with Crippen molar-refractivity contribution >= 4 is 22.2 Å². The number of thiophene rings is 1. The predicted molar refractivity (Wildman–Crippen MR) is 127 cm³/mol. The smallest absolute Gasteiger partial charge is 0.260 e. The van der Waals surface area contributed by atoms with Gasteiger partial charge < -0.3 is 15.1 Å². The molecule has 1 unspecified atom stereocenters. The number of hydrogen-bond acceptors (Lipinski definition) is 6. The van der Waals surface area contributed by atoms with Crippen LogP contribution in [0.15, 0.2) is 18.2 Å². The van der Waals surface area contributed by atoms with Gasteiger partial charge >= 0.3 is 0 Å². The number of aryl methyl sites for hydroxylation is 2. The first-order chi connectivity index (χ1) is 15.6. The molecule has 0 fully saturated rings. The number of carbonyl (C=O) groups excluding carboxylic acids is 1. The monoisotopic (exact) mass is 472 g/mol. The molecule has 0 saturated heterocycles. The third-order valence-corrected chi connectivity index (χ3v) is 7.29. The molecule has 0 saturated carbocycles. The second kappa shape index (κ2) is 8.89. The molecule has 0 bridgehead atoms. The summed E-state index contributed by atoms with van der Waals surface area (Å²) in [6, 6.07) is 4.56. The molecule has 2 aromatic heterocycles. The van der Waals surface area contributed by atoms with E-state index in [1.54, 1.807) is 19.2 Å². The van der Waals surface area contributed by atoms with E-state index in [2.05, 4.69) is 24.0 Å². The average molecular weight is 473 g/mol. The van der Waals surface area contributed by atoms with Crippen LogP contribution >= 0.6 is 11.3 Å². The minimum atomic E-state index is -1.06. The molecule has 176 valence electrons. The molecule has 7 nitrogen and oxygen atoms in total. The zero-order chi connectivity index (χ0) is 24.0. The van der Waals surface area contributed by atoms with Crippen molar-refractivity contribution < 1.29 is 19.4 Å². The molecule has 9 heteroatoms. The third-order valence-electron chi connectivity index (χ3n) is 6.07. The number of H-pyrrole nitrogens is 1. The Bertz CT molecular complexity index is 1180. The number of rotatable bonds is 6. The van der Waals surface area contributed by atoms with Crippen molar-refractivity contribution in [1.29, 1.82) is 0 Å². The number of hydrogen-bond donors (Lipinski definition) is 3. The van der Waals surface area contributed by atoms with E-state index in [0.29, 0.717) is 34.7 Å². The maximum Gasteiger partial charge on any atom is 0.260 e. The van der Waals surface area contributed by atoms with Crippen LogP contribution in [0.2, 0.25) is 0 Å². The molecule has 0 radical (unpaired) electrons. The first-order valence-electron chi connectivity index (χ1n) is 10.9. The number of aromatic nitrogens is 2. The van der Waals surface area contributed by atoms with Gasteiger partial charge in [-0.3, -0.25) is 14.8 Å². The van der Waals surface area contributed by atoms with Gasteiger partial charge in [-0.25, -0.2) is 4.39 Å². The van der Waals surface area contributed by atoms with Gasteiger partial charge in [0.25, 0.3) is 5.91 Å². The summed E-state index contributed by atoms with van der Waals surface area (Å²) >= 11 is 1.47. The number of carbonyl (C=O) groups is 1. The summed E-state index contributed by atoms with van der Waals surface area (Å²) in [6.45, 7) is 8.14. The fourth-order valence-electron chi connectivity index (χ4n) is 4.31. The van der Waals surface area contributed by atoms with Crippen molar-refractivity contribution in [2.45, 2.75) is 47.1 Å². The van der Waals surface area contributed by atoms with Gasteiger partial charge in [-0.05, 0) is 37.5 Å². The molecule has 0 aliphatic carbocycles. The topological polar surface area (TPSA) is 92.7 Å². The highest BCUT2D eigenvalue weighted by atomic mass is 32.1. The van der Waals surface area contributed by atoms with E-state index >= 15 is 0 Å². The van der Waals surface area contributed by atoms with E-state index in [4.69, 9.17) is 0 Å². The van der Waals surface area contributed by atoms with Gasteiger partial charge in [-0.2, -0.15) is 5.10 Å². The molecule has 33 heavy (non-hydrogen) atoms. The van der Waals surface area contributed by atoms with Crippen molar-refractivity contribution in [3.05, 3.63) is 57.0 Å². The van der Waals surface area contributed by atoms with E-state index in [1.165, 1.54) is 22.3 Å². The average Bonchev–Trinajstić information content (AvgIpc) is 3.31. The Morgan fingerprint density at radius 1 is 1.27 bits per heavy atom. The SMILES string of the molecule is Cc1n[nH]c(C)c1Cc1sc2c(c1-c1ccc(F)c(CO)c1)C(=O)N(C)C(O)N2CC(C)C. The summed E-state index contributed by atoms with van der Waals surface area (Å²) in [4.78, 5) is 17.5. The number of fused-ring (bicyclic) bond motifs is 1. The number of nitrogens with one attached hydrogen (secondary N) is 1. The van der Waals surface area contributed by atoms with E-state index in [0.717, 1.165) is 21.8 Å². The van der Waals surface area contributed by atoms with Gasteiger partial charge in [0.15, 0.2) is 0 Å². The van der Waals surface area contributed by atoms with E-state index in [9.17, 15) is 19.4 Å². The van der Waals surface area contributed by atoms with E-state index in [-0.39, 0.29) is 17.4 Å². The minimum absolute atomic E-state index is 0.171. The van der Waals surface area contributed by atoms with Crippen molar-refractivity contribution in [3.8, 4) is 11.1 Å². The van der Waals surface area contributed by atoms with Gasteiger partial charge in [0, 0.05) is 47.3 Å². The Hall–Kier alpha value is -2.75. The predicted octanol–water partition coefficient (Wildman–Crippen LogP) is 3.80. The standard InChI is InChI=1S/C24H29FN4O3S/c1-12(2)10-29-23-21(22(31)28(5)24(29)32)20(15-6-7-18(25)16(8-15)11-30)19(33-23)9-17-13(3)26-27-14(17)4/h6-8,12,24,30,32H,9-11H2,1-5H3,(H,26,27). The first kappa shape index (κ1) is 23.4. The molecular formula is C24H29FN4O3S. The van der Waals surface area contributed by atoms with Crippen LogP contribution in [0.4, 0.5) is 9.39 Å². The summed E-state index contributed by atoms with van der Waals surface area (Å²) in [5.74, 6) is -0.521. The number of nitrogens with zero attached hydrogens (tertiary/aromatic N) is 3. The lowest BCUT2D eigenvalue weighted by molar-refractivity contribution is 0.0133. The normalized spacial score (nSPS) is 16.2. The van der Waals surface area contributed by atoms with Crippen LogP contribution in [0.5, 0.6) is 0 Å². The Kier molecular flexibility index (Phi) is 6.30. The number of aromatic amines is 1. The number of aliphatic hydroxyl groups is 2. The third kappa shape index (κ3) is 4.05. The van der Waals surface area contributed by atoms with Gasteiger partial charge in [0.05, 0.1) is 17.9 Å². The van der Waals surface area contributed by atoms with Crippen molar-refractivity contribution in [2.75, 3.05) is 18.5 Å². The molecule has 1 aliphatic rings. The molecule has 1 amide bonds. The second-order valence-electron chi connectivity index (χ2n) is 8.94. The quantitative estimate of drug-likeness (QED) is 0.508. The summed E-state index contributed by atoms with van der Waals surface area (Å²) < 4.78 is 14.2. The van der Waals surface area contributed by atoms with Gasteiger partial charge in [0.1, 0.15) is 10.8 Å². The van der Waals surface area contributed by atoms with Crippen LogP contribution in [0.25, 0.3) is 11.1 Å². The van der Waals surface area contributed by atoms with Crippen LogP contribution in [-0.4, -0.2) is 51.2 Å². The molecule has 0 spiro atoms. The zero-order valence-corrected chi connectivity index (χ0v) is 20.3. The van der Waals surface area contributed by atoms with E-state index in [1.807, 2.05) is 18.7 Å². The Morgan fingerprint density at radius 2 is 2.00 bits per heavy atom. The first-order valence-corrected chi connectivity index (χ1v) is 11.7. The fraction of sp³-hybridized carbons (Fsp3) is 0.417. The zero-order valence-electron chi connectivity index (χ0n) is 19.4. The summed E-state index contributed by atoms with van der Waals surface area (Å²) in [6.07, 6.45) is -0.527. The maximum absolute atomic E-state index is 14.2. The van der Waals surface area contributed by atoms with E-state index < -0.39 is 18.8 Å². The van der Waals surface area contributed by atoms with Crippen LogP contribution in [0, 0.1) is 25.6 Å². The molecule has 3 heterocycles. The summed E-state index contributed by atoms with van der Waals surface area (Å²) in [5, 5.41) is 28.5. The molecule has 1 aliphatic heterocycles. The highest BCUT2D eigenvalue weighted by Gasteiger charge is 2.39. The molecule has 3 N–H and O–H groups in total. The number of amides is 1. The molecule has 1 aromatic carbocycles. The van der Waals surface area contributed by atoms with Gasteiger partial charge in [-0.15, -0.1) is 11.3 Å². The highest BCUT2D eigenvalue weighted by Crippen LogP contribution is 2.47. The Morgan fingerprint density at radius 3 is 2.61 bits per heavy atom. The van der Waals surface area contributed by atoms with Crippen molar-refractivity contribution in [2.24, 2.45) is 5.92 Å². The Labute approximate surface area is 196 Å². The maximum atomic E-state index is 14.2. The molecule has 1 atom stereocenters. The van der Waals surface area contributed by atoms with Gasteiger partial charge in [-0.1, -0.05) is 19.9 Å². The summed E-state index contributed by atoms with van der Waals surface area (Å²) in [5.41, 5.74) is 4.90. The Balaban J connectivity index is 1.98. The van der Waals surface area contributed by atoms with Gasteiger partial charge in [0.2, 0.25) is 6.35 Å². The second-order valence-corrected chi connectivity index (χ2v) is 10.0. The highest BCUT2D eigenvalue weighted by molar-refractivity contribution is 7.17. The lowest BCUT2D eigenvalue weighted by Crippen LogP contribution is -2.54. The van der Waals surface area contributed by atoms with Crippen LogP contribution in [0.1, 0.15) is 51.6 Å². The number of aliphatic hydroxyl groups excluding tert-OH is 2. The lowest BCUT2D eigenvalue weighted by atomic mass is 9.94. The number of benzene rings is 1. The number of halogens is 1. The minimum Gasteiger partial charge on any atom is -0.392 e. The van der Waals surface area contributed by atoms with Crippen LogP contribution in [0.3, 0.4) is 0 Å². The van der Waals surface area contributed by atoms with Crippen molar-refractivity contribution in [3.63, 3.8) is 0 Å². The largest absolute Gasteiger partial charge is 0.392 e. The fourth-order valence-corrected chi connectivity index (χ4v) is 5.66. The molecule has 4 rings (SSSR count). The van der Waals surface area contributed by atoms with Crippen LogP contribution in [-0.2, 0) is 13.0 Å².